The van der Waals surface area contributed by atoms with E-state index in [-0.39, 0.29) is 23.6 Å². The van der Waals surface area contributed by atoms with Crippen molar-refractivity contribution in [1.29, 1.82) is 0 Å². The standard InChI is InChI=1S/C42H43BN2O4/c1-28(30-17-21-34(22-18-30)32-13-9-7-10-14-32)45(29(2)31-19-23-35(24-20-31)33-15-11-8-12-16-33)40(47)37-25-36(39(44)46)26-38(27-37)43-48-41(3,4)42(5,6)49-43/h7-29H,1-6H3,(H2,44,46)/t28-,29-/m1/s1. The zero-order chi connectivity index (χ0) is 34.9. The minimum absolute atomic E-state index is 0.218. The van der Waals surface area contributed by atoms with Gasteiger partial charge in [0.15, 0.2) is 0 Å². The van der Waals surface area contributed by atoms with Gasteiger partial charge in [0.1, 0.15) is 0 Å². The van der Waals surface area contributed by atoms with Crippen LogP contribution in [0, 0.1) is 0 Å². The molecule has 1 aliphatic rings. The zero-order valence-electron chi connectivity index (χ0n) is 29.0. The van der Waals surface area contributed by atoms with E-state index in [9.17, 15) is 9.59 Å². The molecular weight excluding hydrogens is 607 g/mol. The van der Waals surface area contributed by atoms with E-state index >= 15 is 0 Å². The van der Waals surface area contributed by atoms with Crippen LogP contribution in [-0.2, 0) is 9.31 Å². The molecule has 0 radical (unpaired) electrons. The molecule has 5 aromatic carbocycles. The highest BCUT2D eigenvalue weighted by atomic mass is 16.7. The van der Waals surface area contributed by atoms with Crippen molar-refractivity contribution in [3.63, 3.8) is 0 Å². The fourth-order valence-electron chi connectivity index (χ4n) is 6.36. The second-order valence-corrected chi connectivity index (χ2v) is 13.8. The molecule has 1 heterocycles. The number of nitrogens with zero attached hydrogens (tertiary/aromatic N) is 1. The molecule has 0 aromatic heterocycles. The normalized spacial score (nSPS) is 16.2. The van der Waals surface area contributed by atoms with Crippen LogP contribution >= 0.6 is 0 Å². The summed E-state index contributed by atoms with van der Waals surface area (Å²) in [5.74, 6) is -0.867. The van der Waals surface area contributed by atoms with Crippen molar-refractivity contribution >= 4 is 24.4 Å². The van der Waals surface area contributed by atoms with Crippen molar-refractivity contribution in [3.8, 4) is 22.3 Å². The number of carbonyl (C=O) groups is 2. The Bertz CT molecular complexity index is 1840. The van der Waals surface area contributed by atoms with Crippen LogP contribution in [0.15, 0.2) is 127 Å². The van der Waals surface area contributed by atoms with Gasteiger partial charge in [0.25, 0.3) is 5.91 Å². The van der Waals surface area contributed by atoms with Gasteiger partial charge in [-0.2, -0.15) is 0 Å². The molecule has 2 atom stereocenters. The Balaban J connectivity index is 1.40. The number of amides is 2. The molecular formula is C42H43BN2O4. The number of nitrogens with two attached hydrogens (primary N) is 1. The van der Waals surface area contributed by atoms with E-state index in [0.717, 1.165) is 33.4 Å². The Morgan fingerprint density at radius 2 is 0.980 bits per heavy atom. The monoisotopic (exact) mass is 650 g/mol. The van der Waals surface area contributed by atoms with Crippen LogP contribution in [0.1, 0.15) is 85.5 Å². The third-order valence-electron chi connectivity index (χ3n) is 10.1. The minimum atomic E-state index is -0.768. The van der Waals surface area contributed by atoms with Crippen LogP contribution in [0.4, 0.5) is 0 Å². The number of carbonyl (C=O) groups excluding carboxylic acids is 2. The summed E-state index contributed by atoms with van der Waals surface area (Å²) in [7, 11) is -0.768. The van der Waals surface area contributed by atoms with Crippen molar-refractivity contribution in [1.82, 2.24) is 4.90 Å². The molecule has 248 valence electrons. The van der Waals surface area contributed by atoms with Gasteiger partial charge in [0.05, 0.1) is 23.3 Å². The van der Waals surface area contributed by atoms with Crippen LogP contribution in [0.2, 0.25) is 0 Å². The Kier molecular flexibility index (Phi) is 9.34. The number of benzene rings is 5. The van der Waals surface area contributed by atoms with Gasteiger partial charge in [-0.3, -0.25) is 9.59 Å². The molecule has 2 amide bonds. The first-order valence-corrected chi connectivity index (χ1v) is 16.8. The molecule has 1 saturated heterocycles. The summed E-state index contributed by atoms with van der Waals surface area (Å²) >= 11 is 0. The predicted octanol–water partition coefficient (Wildman–Crippen LogP) is 8.38. The van der Waals surface area contributed by atoms with Crippen molar-refractivity contribution in [3.05, 3.63) is 150 Å². The molecule has 0 aliphatic carbocycles. The van der Waals surface area contributed by atoms with Crippen molar-refractivity contribution in [2.75, 3.05) is 0 Å². The average molecular weight is 651 g/mol. The van der Waals surface area contributed by atoms with E-state index in [1.165, 1.54) is 0 Å². The maximum Gasteiger partial charge on any atom is 0.494 e. The molecule has 6 nitrogen and oxygen atoms in total. The summed E-state index contributed by atoms with van der Waals surface area (Å²) in [6.45, 7) is 11.9. The molecule has 0 saturated carbocycles. The van der Waals surface area contributed by atoms with Gasteiger partial charge in [-0.15, -0.1) is 0 Å². The molecule has 0 spiro atoms. The van der Waals surface area contributed by atoms with Crippen LogP contribution in [0.25, 0.3) is 22.3 Å². The Labute approximate surface area is 290 Å². The predicted molar refractivity (Wildman–Crippen MR) is 197 cm³/mol. The lowest BCUT2D eigenvalue weighted by atomic mass is 9.77. The zero-order valence-corrected chi connectivity index (χ0v) is 29.0. The average Bonchev–Trinajstić information content (AvgIpc) is 3.34. The van der Waals surface area contributed by atoms with Crippen LogP contribution < -0.4 is 11.2 Å². The van der Waals surface area contributed by atoms with Crippen LogP contribution in [0.5, 0.6) is 0 Å². The highest BCUT2D eigenvalue weighted by molar-refractivity contribution is 6.62. The maximum atomic E-state index is 14.8. The second-order valence-electron chi connectivity index (χ2n) is 13.8. The van der Waals surface area contributed by atoms with Crippen LogP contribution in [0.3, 0.4) is 0 Å². The van der Waals surface area contributed by atoms with E-state index in [1.54, 1.807) is 18.2 Å². The largest absolute Gasteiger partial charge is 0.494 e. The number of primary amides is 1. The van der Waals surface area contributed by atoms with E-state index in [1.807, 2.05) is 82.8 Å². The highest BCUT2D eigenvalue weighted by Crippen LogP contribution is 2.37. The lowest BCUT2D eigenvalue weighted by Crippen LogP contribution is -2.41. The van der Waals surface area contributed by atoms with E-state index in [2.05, 4.69) is 72.8 Å². The molecule has 2 N–H and O–H groups in total. The summed E-state index contributed by atoms with van der Waals surface area (Å²) in [4.78, 5) is 29.3. The molecule has 0 unspecified atom stereocenters. The summed E-state index contributed by atoms with van der Waals surface area (Å²) in [6, 6.07) is 41.4. The molecule has 0 bridgehead atoms. The topological polar surface area (TPSA) is 81.9 Å². The summed E-state index contributed by atoms with van der Waals surface area (Å²) < 4.78 is 12.6. The lowest BCUT2D eigenvalue weighted by Gasteiger charge is -2.36. The fourth-order valence-corrected chi connectivity index (χ4v) is 6.36. The Morgan fingerprint density at radius 1 is 0.592 bits per heavy atom. The smallest absolute Gasteiger partial charge is 0.399 e. The minimum Gasteiger partial charge on any atom is -0.399 e. The highest BCUT2D eigenvalue weighted by Gasteiger charge is 2.52. The third-order valence-corrected chi connectivity index (χ3v) is 10.1. The quantitative estimate of drug-likeness (QED) is 0.163. The summed E-state index contributed by atoms with van der Waals surface area (Å²) in [6.07, 6.45) is 0. The van der Waals surface area contributed by atoms with Crippen molar-refractivity contribution < 1.29 is 18.9 Å². The number of hydrogen-bond donors (Lipinski definition) is 1. The molecule has 49 heavy (non-hydrogen) atoms. The van der Waals surface area contributed by atoms with Gasteiger partial charge in [-0.25, -0.2) is 0 Å². The SMILES string of the molecule is C[C@H](c1ccc(-c2ccccc2)cc1)N(C(=O)c1cc(B2OC(C)(C)C(C)(C)O2)cc(C(N)=O)c1)[C@H](C)c1ccc(-c2ccccc2)cc1. The number of hydrogen-bond acceptors (Lipinski definition) is 4. The maximum absolute atomic E-state index is 14.8. The van der Waals surface area contributed by atoms with Gasteiger partial charge in [0, 0.05) is 11.1 Å². The Hall–Kier alpha value is -4.98. The molecule has 6 rings (SSSR count). The first kappa shape index (κ1) is 33.9. The van der Waals surface area contributed by atoms with Gasteiger partial charge in [-0.1, -0.05) is 109 Å². The van der Waals surface area contributed by atoms with Gasteiger partial charge < -0.3 is 19.9 Å². The van der Waals surface area contributed by atoms with Gasteiger partial charge in [0.2, 0.25) is 5.91 Å². The first-order valence-electron chi connectivity index (χ1n) is 16.8. The summed E-state index contributed by atoms with van der Waals surface area (Å²) in [5.41, 5.74) is 12.1. The van der Waals surface area contributed by atoms with Crippen molar-refractivity contribution in [2.24, 2.45) is 5.73 Å². The van der Waals surface area contributed by atoms with E-state index < -0.39 is 24.2 Å². The Morgan fingerprint density at radius 3 is 1.39 bits per heavy atom. The van der Waals surface area contributed by atoms with Gasteiger partial charge >= 0.3 is 7.12 Å². The van der Waals surface area contributed by atoms with Crippen LogP contribution in [-0.4, -0.2) is 35.0 Å². The number of rotatable bonds is 9. The molecule has 1 fully saturated rings. The first-order chi connectivity index (χ1) is 23.3. The lowest BCUT2D eigenvalue weighted by molar-refractivity contribution is 0.00578. The second kappa shape index (κ2) is 13.5. The molecule has 1 aliphatic heterocycles. The summed E-state index contributed by atoms with van der Waals surface area (Å²) in [5, 5.41) is 0. The van der Waals surface area contributed by atoms with Gasteiger partial charge in [-0.05, 0) is 98.6 Å². The molecule has 5 aromatic rings. The van der Waals surface area contributed by atoms with E-state index in [0.29, 0.717) is 11.0 Å². The van der Waals surface area contributed by atoms with E-state index in [4.69, 9.17) is 15.0 Å². The fraction of sp³-hybridized carbons (Fsp3) is 0.238. The third kappa shape index (κ3) is 6.96. The van der Waals surface area contributed by atoms with Crippen molar-refractivity contribution in [2.45, 2.75) is 64.8 Å². The molecule has 7 heteroatoms.